The van der Waals surface area contributed by atoms with Crippen molar-refractivity contribution in [3.8, 4) is 0 Å². The molecule has 0 radical (unpaired) electrons. The highest BCUT2D eigenvalue weighted by Crippen LogP contribution is 2.20. The molecule has 1 saturated heterocycles. The van der Waals surface area contributed by atoms with Gasteiger partial charge in [-0.2, -0.15) is 0 Å². The number of likely N-dealkylation sites (tertiary alicyclic amines) is 1. The number of hydrogen-bond acceptors (Lipinski definition) is 5. The van der Waals surface area contributed by atoms with Crippen LogP contribution < -0.4 is 15.5 Å². The molecule has 1 aliphatic heterocycles. The van der Waals surface area contributed by atoms with Crippen LogP contribution in [0.4, 0.5) is 10.6 Å². The van der Waals surface area contributed by atoms with Crippen LogP contribution in [0.25, 0.3) is 0 Å². The van der Waals surface area contributed by atoms with Crippen LogP contribution in [-0.2, 0) is 13.1 Å². The van der Waals surface area contributed by atoms with E-state index in [1.165, 1.54) is 4.88 Å². The second kappa shape index (κ2) is 9.71. The Hall–Kier alpha value is -2.12. The summed E-state index contributed by atoms with van der Waals surface area (Å²) < 4.78 is 0. The fraction of sp³-hybridized carbons (Fsp3) is 0.500. The largest absolute Gasteiger partial charge is 0.362 e. The van der Waals surface area contributed by atoms with E-state index in [2.05, 4.69) is 38.0 Å². The fourth-order valence-electron chi connectivity index (χ4n) is 3.42. The molecule has 2 amide bonds. The summed E-state index contributed by atoms with van der Waals surface area (Å²) >= 11 is 1.82. The van der Waals surface area contributed by atoms with Crippen LogP contribution in [0.1, 0.15) is 23.3 Å². The summed E-state index contributed by atoms with van der Waals surface area (Å²) in [6.45, 7) is 4.48. The molecule has 1 aliphatic rings. The molecular weight excluding hydrogens is 358 g/mol. The highest BCUT2D eigenvalue weighted by atomic mass is 32.1. The van der Waals surface area contributed by atoms with Crippen LogP contribution in [0.2, 0.25) is 0 Å². The molecule has 0 spiro atoms. The molecule has 6 nitrogen and oxygen atoms in total. The van der Waals surface area contributed by atoms with Crippen molar-refractivity contribution < 1.29 is 4.79 Å². The lowest BCUT2D eigenvalue weighted by Gasteiger charge is -2.31. The van der Waals surface area contributed by atoms with Crippen molar-refractivity contribution in [2.45, 2.75) is 25.9 Å². The van der Waals surface area contributed by atoms with Crippen LogP contribution in [0.3, 0.4) is 0 Å². The van der Waals surface area contributed by atoms with Crippen LogP contribution in [0, 0.1) is 5.92 Å². The van der Waals surface area contributed by atoms with E-state index in [0.29, 0.717) is 12.5 Å². The third kappa shape index (κ3) is 5.94. The van der Waals surface area contributed by atoms with Gasteiger partial charge in [0.25, 0.3) is 0 Å². The smallest absolute Gasteiger partial charge is 0.315 e. The molecule has 0 aromatic carbocycles. The Morgan fingerprint density at radius 3 is 2.78 bits per heavy atom. The van der Waals surface area contributed by atoms with E-state index >= 15 is 0 Å². The number of carbonyl (C=O) groups is 1. The molecule has 0 bridgehead atoms. The van der Waals surface area contributed by atoms with Crippen LogP contribution in [0.15, 0.2) is 35.8 Å². The van der Waals surface area contributed by atoms with Crippen molar-refractivity contribution in [2.75, 3.05) is 38.6 Å². The molecule has 2 N–H and O–H groups in total. The molecule has 7 heteroatoms. The maximum absolute atomic E-state index is 12.2. The number of aromatic nitrogens is 1. The molecule has 0 aliphatic carbocycles. The van der Waals surface area contributed by atoms with Crippen molar-refractivity contribution in [3.63, 3.8) is 0 Å². The standard InChI is InChI=1S/C20H29N5OS/c1-24(2)19-17(5-3-9-21-19)14-23-20(26)22-13-16-7-10-25(11-8-16)15-18-6-4-12-27-18/h3-6,9,12,16H,7-8,10-11,13-15H2,1-2H3,(H2,22,23,26). The van der Waals surface area contributed by atoms with Gasteiger partial charge in [0.15, 0.2) is 0 Å². The molecular formula is C20H29N5OS. The third-order valence-corrected chi connectivity index (χ3v) is 5.81. The summed E-state index contributed by atoms with van der Waals surface area (Å²) in [7, 11) is 3.91. The van der Waals surface area contributed by atoms with Gasteiger partial charge in [-0.25, -0.2) is 9.78 Å². The first-order chi connectivity index (χ1) is 13.1. The van der Waals surface area contributed by atoms with Gasteiger partial charge in [0, 0.05) is 50.4 Å². The summed E-state index contributed by atoms with van der Waals surface area (Å²) in [5.74, 6) is 1.45. The third-order valence-electron chi connectivity index (χ3n) is 4.95. The van der Waals surface area contributed by atoms with E-state index in [1.807, 2.05) is 42.5 Å². The van der Waals surface area contributed by atoms with Gasteiger partial charge in [0.1, 0.15) is 5.82 Å². The van der Waals surface area contributed by atoms with Gasteiger partial charge in [0.05, 0.1) is 0 Å². The van der Waals surface area contributed by atoms with Gasteiger partial charge in [-0.05, 0) is 49.4 Å². The maximum Gasteiger partial charge on any atom is 0.315 e. The maximum atomic E-state index is 12.2. The Morgan fingerprint density at radius 1 is 1.26 bits per heavy atom. The zero-order chi connectivity index (χ0) is 19.1. The summed E-state index contributed by atoms with van der Waals surface area (Å²) in [6.07, 6.45) is 4.04. The Morgan fingerprint density at radius 2 is 2.07 bits per heavy atom. The molecule has 3 rings (SSSR count). The number of hydrogen-bond donors (Lipinski definition) is 2. The number of thiophene rings is 1. The summed E-state index contributed by atoms with van der Waals surface area (Å²) in [5.41, 5.74) is 1.01. The number of rotatable bonds is 7. The Kier molecular flexibility index (Phi) is 7.06. The summed E-state index contributed by atoms with van der Waals surface area (Å²) in [5, 5.41) is 8.11. The van der Waals surface area contributed by atoms with E-state index < -0.39 is 0 Å². The first kappa shape index (κ1) is 19.6. The number of nitrogens with zero attached hydrogens (tertiary/aromatic N) is 3. The Balaban J connectivity index is 1.35. The molecule has 1 fully saturated rings. The SMILES string of the molecule is CN(C)c1ncccc1CNC(=O)NCC1CCN(Cc2cccs2)CC1. The lowest BCUT2D eigenvalue weighted by atomic mass is 9.97. The molecule has 146 valence electrons. The van der Waals surface area contributed by atoms with Crippen molar-refractivity contribution in [1.29, 1.82) is 0 Å². The zero-order valence-corrected chi connectivity index (χ0v) is 17.0. The van der Waals surface area contributed by atoms with Gasteiger partial charge in [-0.1, -0.05) is 12.1 Å². The minimum Gasteiger partial charge on any atom is -0.362 e. The number of anilines is 1. The van der Waals surface area contributed by atoms with Crippen molar-refractivity contribution in [2.24, 2.45) is 5.92 Å². The predicted octanol–water partition coefficient (Wildman–Crippen LogP) is 2.92. The topological polar surface area (TPSA) is 60.5 Å². The first-order valence-electron chi connectivity index (χ1n) is 9.49. The lowest BCUT2D eigenvalue weighted by molar-refractivity contribution is 0.176. The molecule has 2 aromatic rings. The number of urea groups is 1. The van der Waals surface area contributed by atoms with Crippen LogP contribution >= 0.6 is 11.3 Å². The zero-order valence-electron chi connectivity index (χ0n) is 16.1. The quantitative estimate of drug-likeness (QED) is 0.767. The van der Waals surface area contributed by atoms with E-state index in [0.717, 1.165) is 50.4 Å². The molecule has 3 heterocycles. The number of pyridine rings is 1. The van der Waals surface area contributed by atoms with E-state index in [4.69, 9.17) is 0 Å². The van der Waals surface area contributed by atoms with Gasteiger partial charge in [-0.3, -0.25) is 4.90 Å². The summed E-state index contributed by atoms with van der Waals surface area (Å²) in [6, 6.07) is 8.09. The average Bonchev–Trinajstić information content (AvgIpc) is 3.19. The van der Waals surface area contributed by atoms with E-state index in [-0.39, 0.29) is 6.03 Å². The molecule has 0 saturated carbocycles. The Bertz CT molecular complexity index is 711. The van der Waals surface area contributed by atoms with Crippen molar-refractivity contribution >= 4 is 23.2 Å². The molecule has 0 unspecified atom stereocenters. The molecule has 2 aromatic heterocycles. The highest BCUT2D eigenvalue weighted by Gasteiger charge is 2.20. The highest BCUT2D eigenvalue weighted by molar-refractivity contribution is 7.09. The van der Waals surface area contributed by atoms with E-state index in [9.17, 15) is 4.79 Å². The minimum atomic E-state index is -0.107. The van der Waals surface area contributed by atoms with Gasteiger partial charge >= 0.3 is 6.03 Å². The monoisotopic (exact) mass is 387 g/mol. The fourth-order valence-corrected chi connectivity index (χ4v) is 4.16. The molecule has 27 heavy (non-hydrogen) atoms. The van der Waals surface area contributed by atoms with Crippen LogP contribution in [0.5, 0.6) is 0 Å². The first-order valence-corrected chi connectivity index (χ1v) is 10.4. The van der Waals surface area contributed by atoms with E-state index in [1.54, 1.807) is 6.20 Å². The minimum absolute atomic E-state index is 0.107. The Labute approximate surface area is 165 Å². The second-order valence-electron chi connectivity index (χ2n) is 7.24. The van der Waals surface area contributed by atoms with Crippen molar-refractivity contribution in [1.82, 2.24) is 20.5 Å². The lowest BCUT2D eigenvalue weighted by Crippen LogP contribution is -2.41. The average molecular weight is 388 g/mol. The van der Waals surface area contributed by atoms with Gasteiger partial charge in [-0.15, -0.1) is 11.3 Å². The summed E-state index contributed by atoms with van der Waals surface area (Å²) in [4.78, 5) is 22.4. The van der Waals surface area contributed by atoms with Crippen molar-refractivity contribution in [3.05, 3.63) is 46.3 Å². The normalized spacial score (nSPS) is 15.5. The van der Waals surface area contributed by atoms with Crippen LogP contribution in [-0.4, -0.2) is 49.6 Å². The number of nitrogens with one attached hydrogen (secondary N) is 2. The molecule has 0 atom stereocenters. The van der Waals surface area contributed by atoms with Gasteiger partial charge in [0.2, 0.25) is 0 Å². The number of amides is 2. The number of piperidine rings is 1. The van der Waals surface area contributed by atoms with Gasteiger partial charge < -0.3 is 15.5 Å². The number of carbonyl (C=O) groups excluding carboxylic acids is 1. The predicted molar refractivity (Wildman–Crippen MR) is 111 cm³/mol. The second-order valence-corrected chi connectivity index (χ2v) is 8.28.